The molecule has 0 bridgehead atoms. The van der Waals surface area contributed by atoms with Crippen molar-refractivity contribution in [3.63, 3.8) is 0 Å². The topological polar surface area (TPSA) is 55.8 Å². The van der Waals surface area contributed by atoms with Crippen LogP contribution in [0.4, 0.5) is 0 Å². The summed E-state index contributed by atoms with van der Waals surface area (Å²) in [5.74, 6) is -0.192. The van der Waals surface area contributed by atoms with Crippen molar-refractivity contribution in [2.75, 3.05) is 19.8 Å². The number of aliphatic hydroxyl groups excluding tert-OH is 1. The van der Waals surface area contributed by atoms with Gasteiger partial charge in [-0.2, -0.15) is 0 Å². The molecule has 0 aromatic carbocycles. The first-order valence-electron chi connectivity index (χ1n) is 22.6. The molecule has 1 unspecified atom stereocenters. The van der Waals surface area contributed by atoms with Gasteiger partial charge in [0.15, 0.2) is 0 Å². The molecule has 0 aliphatic rings. The van der Waals surface area contributed by atoms with Gasteiger partial charge in [0.05, 0.1) is 13.2 Å². The van der Waals surface area contributed by atoms with E-state index in [1.165, 1.54) is 218 Å². The lowest BCUT2D eigenvalue weighted by Gasteiger charge is -2.16. The van der Waals surface area contributed by atoms with E-state index in [0.29, 0.717) is 19.6 Å². The molecule has 294 valence electrons. The fourth-order valence-electron chi connectivity index (χ4n) is 7.04. The van der Waals surface area contributed by atoms with Crippen molar-refractivity contribution in [1.82, 2.24) is 0 Å². The van der Waals surface area contributed by atoms with Crippen LogP contribution in [0.3, 0.4) is 0 Å². The molecular formula is C45H90O4. The lowest BCUT2D eigenvalue weighted by molar-refractivity contribution is -0.154. The van der Waals surface area contributed by atoms with E-state index in [1.54, 1.807) is 0 Å². The Morgan fingerprint density at radius 3 is 0.959 bits per heavy atom. The number of aliphatic hydroxyl groups is 1. The van der Waals surface area contributed by atoms with Gasteiger partial charge in [-0.05, 0) is 12.8 Å². The first-order valence-corrected chi connectivity index (χ1v) is 22.6. The summed E-state index contributed by atoms with van der Waals surface area (Å²) >= 11 is 0. The predicted molar refractivity (Wildman–Crippen MR) is 215 cm³/mol. The van der Waals surface area contributed by atoms with Crippen LogP contribution < -0.4 is 0 Å². The summed E-state index contributed by atoms with van der Waals surface area (Å²) < 4.78 is 11.2. The number of ether oxygens (including phenoxy) is 2. The Labute approximate surface area is 308 Å². The third-order valence-corrected chi connectivity index (χ3v) is 10.4. The quantitative estimate of drug-likeness (QED) is 0.0510. The molecule has 0 heterocycles. The predicted octanol–water partition coefficient (Wildman–Crippen LogP) is 14.8. The summed E-state index contributed by atoms with van der Waals surface area (Å²) in [6.45, 7) is 5.41. The average molecular weight is 695 g/mol. The zero-order valence-corrected chi connectivity index (χ0v) is 33.7. The zero-order valence-electron chi connectivity index (χ0n) is 33.7. The monoisotopic (exact) mass is 695 g/mol. The number of carbonyl (C=O) groups excluding carboxylic acids is 1. The van der Waals surface area contributed by atoms with E-state index >= 15 is 0 Å². The largest absolute Gasteiger partial charge is 0.457 e. The van der Waals surface area contributed by atoms with E-state index in [2.05, 4.69) is 13.8 Å². The van der Waals surface area contributed by atoms with Crippen LogP contribution in [0.1, 0.15) is 258 Å². The Morgan fingerprint density at radius 2 is 0.673 bits per heavy atom. The normalized spacial score (nSPS) is 12.1. The Hall–Kier alpha value is -0.610. The van der Waals surface area contributed by atoms with E-state index in [1.807, 2.05) is 0 Å². The first-order chi connectivity index (χ1) is 24.2. The maximum absolute atomic E-state index is 12.2. The lowest BCUT2D eigenvalue weighted by Crippen LogP contribution is -2.27. The number of carbonyl (C=O) groups is 1. The maximum Gasteiger partial charge on any atom is 0.306 e. The van der Waals surface area contributed by atoms with Crippen LogP contribution in [0, 0.1) is 0 Å². The van der Waals surface area contributed by atoms with Crippen LogP contribution in [-0.4, -0.2) is 37.0 Å². The molecule has 0 aromatic heterocycles. The van der Waals surface area contributed by atoms with Gasteiger partial charge in [0.25, 0.3) is 0 Å². The van der Waals surface area contributed by atoms with Crippen molar-refractivity contribution in [3.8, 4) is 0 Å². The Bertz CT molecular complexity index is 609. The van der Waals surface area contributed by atoms with Gasteiger partial charge in [-0.3, -0.25) is 4.79 Å². The molecule has 0 fully saturated rings. The summed E-state index contributed by atoms with van der Waals surface area (Å²) in [6, 6.07) is 0. The highest BCUT2D eigenvalue weighted by Crippen LogP contribution is 2.16. The van der Waals surface area contributed by atoms with Crippen molar-refractivity contribution < 1.29 is 19.4 Å². The molecule has 0 radical (unpaired) electrons. The molecule has 0 rings (SSSR count). The summed E-state index contributed by atoms with van der Waals surface area (Å²) in [4.78, 5) is 12.2. The SMILES string of the molecule is CCCCCCCCCCCCCCCCCCCCCC(=O)OC(CO)COCCCCCCCCCCCCCCCCCCCC. The number of unbranched alkanes of at least 4 members (excludes halogenated alkanes) is 35. The second-order valence-electron chi connectivity index (χ2n) is 15.5. The molecule has 0 aromatic rings. The molecular weight excluding hydrogens is 604 g/mol. The number of rotatable bonds is 43. The van der Waals surface area contributed by atoms with Crippen LogP contribution in [0.5, 0.6) is 0 Å². The summed E-state index contributed by atoms with van der Waals surface area (Å²) in [6.07, 6.45) is 50.3. The molecule has 0 aliphatic carbocycles. The van der Waals surface area contributed by atoms with Crippen molar-refractivity contribution in [3.05, 3.63) is 0 Å². The zero-order chi connectivity index (χ0) is 35.6. The van der Waals surface area contributed by atoms with Crippen molar-refractivity contribution in [1.29, 1.82) is 0 Å². The van der Waals surface area contributed by atoms with Crippen molar-refractivity contribution in [2.45, 2.75) is 264 Å². The summed E-state index contributed by atoms with van der Waals surface area (Å²) in [5.41, 5.74) is 0. The van der Waals surface area contributed by atoms with Crippen LogP contribution in [0.25, 0.3) is 0 Å². The molecule has 49 heavy (non-hydrogen) atoms. The fraction of sp³-hybridized carbons (Fsp3) is 0.978. The maximum atomic E-state index is 12.2. The Kier molecular flexibility index (Phi) is 43.0. The molecule has 0 amide bonds. The molecule has 0 saturated heterocycles. The number of esters is 1. The Balaban J connectivity index is 3.34. The van der Waals surface area contributed by atoms with Gasteiger partial charge in [0.2, 0.25) is 0 Å². The second-order valence-corrected chi connectivity index (χ2v) is 15.5. The highest BCUT2D eigenvalue weighted by atomic mass is 16.6. The minimum atomic E-state index is -0.525. The lowest BCUT2D eigenvalue weighted by atomic mass is 10.0. The molecule has 4 heteroatoms. The fourth-order valence-corrected chi connectivity index (χ4v) is 7.04. The summed E-state index contributed by atoms with van der Waals surface area (Å²) in [7, 11) is 0. The van der Waals surface area contributed by atoms with E-state index in [-0.39, 0.29) is 12.6 Å². The van der Waals surface area contributed by atoms with E-state index in [0.717, 1.165) is 19.3 Å². The van der Waals surface area contributed by atoms with Gasteiger partial charge in [-0.1, -0.05) is 239 Å². The molecule has 1 atom stereocenters. The van der Waals surface area contributed by atoms with Gasteiger partial charge < -0.3 is 14.6 Å². The minimum Gasteiger partial charge on any atom is -0.457 e. The van der Waals surface area contributed by atoms with E-state index in [9.17, 15) is 9.90 Å². The van der Waals surface area contributed by atoms with Crippen molar-refractivity contribution >= 4 is 5.97 Å². The summed E-state index contributed by atoms with van der Waals surface area (Å²) in [5, 5.41) is 9.61. The third kappa shape index (κ3) is 41.7. The van der Waals surface area contributed by atoms with Gasteiger partial charge >= 0.3 is 5.97 Å². The minimum absolute atomic E-state index is 0.163. The van der Waals surface area contributed by atoms with E-state index < -0.39 is 6.10 Å². The molecule has 1 N–H and O–H groups in total. The molecule has 0 spiro atoms. The van der Waals surface area contributed by atoms with Gasteiger partial charge in [-0.15, -0.1) is 0 Å². The van der Waals surface area contributed by atoms with Gasteiger partial charge in [0.1, 0.15) is 6.10 Å². The van der Waals surface area contributed by atoms with Crippen molar-refractivity contribution in [2.24, 2.45) is 0 Å². The van der Waals surface area contributed by atoms with Crippen LogP contribution in [0.15, 0.2) is 0 Å². The molecule has 0 aliphatic heterocycles. The highest BCUT2D eigenvalue weighted by molar-refractivity contribution is 5.69. The van der Waals surface area contributed by atoms with Gasteiger partial charge in [-0.25, -0.2) is 0 Å². The second kappa shape index (κ2) is 43.6. The van der Waals surface area contributed by atoms with Gasteiger partial charge in [0, 0.05) is 13.0 Å². The number of hydrogen-bond donors (Lipinski definition) is 1. The standard InChI is InChI=1S/C45H90O4/c1-3-5-7-9-11-13-15-17-19-21-23-24-26-28-30-32-34-36-38-40-45(47)49-44(42-46)43-48-41-39-37-35-33-31-29-27-25-22-20-18-16-14-12-10-8-6-4-2/h44,46H,3-43H2,1-2H3. The smallest absolute Gasteiger partial charge is 0.306 e. The highest BCUT2D eigenvalue weighted by Gasteiger charge is 2.13. The van der Waals surface area contributed by atoms with Crippen LogP contribution in [0.2, 0.25) is 0 Å². The Morgan fingerprint density at radius 1 is 0.408 bits per heavy atom. The first kappa shape index (κ1) is 48.4. The number of hydrogen-bond acceptors (Lipinski definition) is 4. The molecule has 4 nitrogen and oxygen atoms in total. The molecule has 0 saturated carbocycles. The third-order valence-electron chi connectivity index (χ3n) is 10.4. The van der Waals surface area contributed by atoms with Crippen LogP contribution >= 0.6 is 0 Å². The average Bonchev–Trinajstić information content (AvgIpc) is 3.11. The van der Waals surface area contributed by atoms with E-state index in [4.69, 9.17) is 9.47 Å². The van der Waals surface area contributed by atoms with Crippen LogP contribution in [-0.2, 0) is 14.3 Å².